The predicted octanol–water partition coefficient (Wildman–Crippen LogP) is 4.50. The number of aromatic nitrogens is 2. The van der Waals surface area contributed by atoms with E-state index in [1.54, 1.807) is 6.07 Å². The largest absolute Gasteiger partial charge is 0.263 e. The highest BCUT2D eigenvalue weighted by Crippen LogP contribution is 2.26. The maximum absolute atomic E-state index is 12.5. The second-order valence-electron chi connectivity index (χ2n) is 3.26. The van der Waals surface area contributed by atoms with Crippen molar-refractivity contribution in [2.45, 2.75) is 6.43 Å². The zero-order valence-corrected chi connectivity index (χ0v) is 10.7. The van der Waals surface area contributed by atoms with Crippen LogP contribution in [0.15, 0.2) is 34.9 Å². The van der Waals surface area contributed by atoms with Gasteiger partial charge in [0, 0.05) is 17.3 Å². The van der Waals surface area contributed by atoms with E-state index < -0.39 is 6.43 Å². The van der Waals surface area contributed by atoms with Crippen molar-refractivity contribution in [3.63, 3.8) is 0 Å². The second kappa shape index (κ2) is 5.06. The Bertz CT molecular complexity index is 549. The van der Waals surface area contributed by atoms with Crippen LogP contribution in [0, 0.1) is 0 Å². The van der Waals surface area contributed by atoms with Gasteiger partial charge in [0.1, 0.15) is 5.15 Å². The minimum absolute atomic E-state index is 0.0647. The van der Waals surface area contributed by atoms with Crippen molar-refractivity contribution in [1.82, 2.24) is 9.97 Å². The minimum Gasteiger partial charge on any atom is -0.235 e. The van der Waals surface area contributed by atoms with Gasteiger partial charge in [-0.3, -0.25) is 0 Å². The van der Waals surface area contributed by atoms with E-state index in [9.17, 15) is 8.78 Å². The van der Waals surface area contributed by atoms with Crippen molar-refractivity contribution in [3.05, 3.63) is 45.7 Å². The number of alkyl halides is 2. The molecule has 0 aliphatic heterocycles. The molecule has 0 spiro atoms. The predicted molar refractivity (Wildman–Crippen MR) is 65.1 cm³/mol. The highest BCUT2D eigenvalue weighted by Gasteiger charge is 2.10. The molecule has 2 nitrogen and oxygen atoms in total. The van der Waals surface area contributed by atoms with Gasteiger partial charge in [0.15, 0.2) is 5.82 Å². The van der Waals surface area contributed by atoms with Gasteiger partial charge in [-0.25, -0.2) is 18.7 Å². The summed E-state index contributed by atoms with van der Waals surface area (Å²) in [5.41, 5.74) is 0.447. The standard InChI is InChI=1S/C11H6BrClF2N2/c12-8-5-16-11(17-9(8)13)7-3-1-2-6(4-7)10(14)15/h1-5,10H. The molecule has 17 heavy (non-hydrogen) atoms. The molecular weight excluding hydrogens is 313 g/mol. The smallest absolute Gasteiger partial charge is 0.235 e. The molecular formula is C11H6BrClF2N2. The summed E-state index contributed by atoms with van der Waals surface area (Å²) in [4.78, 5) is 8.03. The molecule has 0 amide bonds. The highest BCUT2D eigenvalue weighted by molar-refractivity contribution is 9.10. The van der Waals surface area contributed by atoms with E-state index in [1.807, 2.05) is 0 Å². The Morgan fingerprint density at radius 1 is 1.29 bits per heavy atom. The van der Waals surface area contributed by atoms with E-state index in [0.717, 1.165) is 0 Å². The molecule has 0 aliphatic carbocycles. The summed E-state index contributed by atoms with van der Waals surface area (Å²) in [7, 11) is 0. The lowest BCUT2D eigenvalue weighted by molar-refractivity contribution is 0.151. The Hall–Kier alpha value is -1.07. The maximum atomic E-state index is 12.5. The molecule has 0 aliphatic rings. The molecule has 0 unspecified atom stereocenters. The summed E-state index contributed by atoms with van der Waals surface area (Å²) in [5.74, 6) is 0.320. The van der Waals surface area contributed by atoms with Gasteiger partial charge in [0.25, 0.3) is 6.43 Å². The first-order valence-corrected chi connectivity index (χ1v) is 5.81. The molecule has 6 heteroatoms. The summed E-state index contributed by atoms with van der Waals surface area (Å²) >= 11 is 8.98. The fraction of sp³-hybridized carbons (Fsp3) is 0.0909. The zero-order chi connectivity index (χ0) is 12.4. The fourth-order valence-corrected chi connectivity index (χ4v) is 1.62. The average molecular weight is 320 g/mol. The van der Waals surface area contributed by atoms with Crippen molar-refractivity contribution in [3.8, 4) is 11.4 Å². The van der Waals surface area contributed by atoms with Gasteiger partial charge in [-0.15, -0.1) is 0 Å². The quantitative estimate of drug-likeness (QED) is 0.762. The maximum Gasteiger partial charge on any atom is 0.263 e. The molecule has 0 N–H and O–H groups in total. The molecule has 0 saturated heterocycles. The first-order valence-electron chi connectivity index (χ1n) is 4.64. The molecule has 1 aromatic heterocycles. The summed E-state index contributed by atoms with van der Waals surface area (Å²) < 4.78 is 25.6. The zero-order valence-electron chi connectivity index (χ0n) is 8.37. The second-order valence-corrected chi connectivity index (χ2v) is 4.47. The molecule has 0 fully saturated rings. The number of nitrogens with zero attached hydrogens (tertiary/aromatic N) is 2. The lowest BCUT2D eigenvalue weighted by Gasteiger charge is -2.04. The van der Waals surface area contributed by atoms with Gasteiger partial charge in [0.2, 0.25) is 0 Å². The number of rotatable bonds is 2. The van der Waals surface area contributed by atoms with E-state index in [1.165, 1.54) is 24.4 Å². The van der Waals surface area contributed by atoms with Gasteiger partial charge in [-0.2, -0.15) is 0 Å². The van der Waals surface area contributed by atoms with Crippen LogP contribution in [0.5, 0.6) is 0 Å². The minimum atomic E-state index is -2.51. The lowest BCUT2D eigenvalue weighted by Crippen LogP contribution is -1.91. The van der Waals surface area contributed by atoms with Crippen LogP contribution in [0.4, 0.5) is 8.78 Å². The first-order chi connectivity index (χ1) is 8.08. The Kier molecular flexibility index (Phi) is 3.69. The number of hydrogen-bond acceptors (Lipinski definition) is 2. The molecule has 0 saturated carbocycles. The van der Waals surface area contributed by atoms with Crippen molar-refractivity contribution >= 4 is 27.5 Å². The van der Waals surface area contributed by atoms with Crippen LogP contribution in [0.2, 0.25) is 5.15 Å². The summed E-state index contributed by atoms with van der Waals surface area (Å²) in [6.07, 6.45) is -1.03. The van der Waals surface area contributed by atoms with Crippen molar-refractivity contribution in [2.24, 2.45) is 0 Å². The van der Waals surface area contributed by atoms with Crippen molar-refractivity contribution in [1.29, 1.82) is 0 Å². The number of halogens is 4. The Morgan fingerprint density at radius 3 is 2.71 bits per heavy atom. The normalized spacial score (nSPS) is 10.9. The van der Waals surface area contributed by atoms with Crippen LogP contribution >= 0.6 is 27.5 Å². The van der Waals surface area contributed by atoms with E-state index >= 15 is 0 Å². The summed E-state index contributed by atoms with van der Waals surface area (Å²) in [5, 5.41) is 0.248. The third-order valence-corrected chi connectivity index (χ3v) is 3.19. The summed E-state index contributed by atoms with van der Waals surface area (Å²) in [6.45, 7) is 0. The molecule has 1 heterocycles. The molecule has 0 atom stereocenters. The topological polar surface area (TPSA) is 25.8 Å². The van der Waals surface area contributed by atoms with Gasteiger partial charge in [-0.1, -0.05) is 29.8 Å². The first kappa shape index (κ1) is 12.4. The molecule has 0 bridgehead atoms. The fourth-order valence-electron chi connectivity index (χ4n) is 1.30. The van der Waals surface area contributed by atoms with E-state index in [-0.39, 0.29) is 10.7 Å². The molecule has 0 radical (unpaired) electrons. The monoisotopic (exact) mass is 318 g/mol. The molecule has 88 valence electrons. The van der Waals surface area contributed by atoms with Gasteiger partial charge in [-0.05, 0) is 22.0 Å². The van der Waals surface area contributed by atoms with E-state index in [2.05, 4.69) is 25.9 Å². The molecule has 2 rings (SSSR count). The van der Waals surface area contributed by atoms with Crippen molar-refractivity contribution < 1.29 is 8.78 Å². The van der Waals surface area contributed by atoms with Crippen LogP contribution in [-0.2, 0) is 0 Å². The third kappa shape index (κ3) is 2.79. The Labute approximate surface area is 110 Å². The Morgan fingerprint density at radius 2 is 2.06 bits per heavy atom. The van der Waals surface area contributed by atoms with Gasteiger partial charge in [0.05, 0.1) is 4.47 Å². The highest BCUT2D eigenvalue weighted by atomic mass is 79.9. The summed E-state index contributed by atoms with van der Waals surface area (Å²) in [6, 6.07) is 5.90. The van der Waals surface area contributed by atoms with Crippen LogP contribution in [0.25, 0.3) is 11.4 Å². The molecule has 2 aromatic rings. The lowest BCUT2D eigenvalue weighted by atomic mass is 10.1. The van der Waals surface area contributed by atoms with Crippen molar-refractivity contribution in [2.75, 3.05) is 0 Å². The van der Waals surface area contributed by atoms with E-state index in [4.69, 9.17) is 11.6 Å². The Balaban J connectivity index is 2.45. The number of hydrogen-bond donors (Lipinski definition) is 0. The van der Waals surface area contributed by atoms with Crippen LogP contribution in [0.3, 0.4) is 0 Å². The average Bonchev–Trinajstić information content (AvgIpc) is 2.33. The van der Waals surface area contributed by atoms with E-state index in [0.29, 0.717) is 15.9 Å². The van der Waals surface area contributed by atoms with Gasteiger partial charge >= 0.3 is 0 Å². The SMILES string of the molecule is FC(F)c1cccc(-c2ncc(Br)c(Cl)n2)c1. The third-order valence-electron chi connectivity index (χ3n) is 2.10. The number of benzene rings is 1. The van der Waals surface area contributed by atoms with Gasteiger partial charge < -0.3 is 0 Å². The van der Waals surface area contributed by atoms with Crippen LogP contribution in [-0.4, -0.2) is 9.97 Å². The van der Waals surface area contributed by atoms with Crippen LogP contribution in [0.1, 0.15) is 12.0 Å². The molecule has 1 aromatic carbocycles. The van der Waals surface area contributed by atoms with Crippen LogP contribution < -0.4 is 0 Å².